The number of ether oxygens (including phenoxy) is 1. The van der Waals surface area contributed by atoms with Crippen molar-refractivity contribution in [3.05, 3.63) is 82.6 Å². The highest BCUT2D eigenvalue weighted by molar-refractivity contribution is 5.79. The number of para-hydroxylation sites is 1. The van der Waals surface area contributed by atoms with Crippen LogP contribution < -0.4 is 4.74 Å². The van der Waals surface area contributed by atoms with Crippen LogP contribution in [0.3, 0.4) is 0 Å². The molecule has 0 bridgehead atoms. The van der Waals surface area contributed by atoms with Gasteiger partial charge in [-0.25, -0.2) is 0 Å². The van der Waals surface area contributed by atoms with Crippen LogP contribution in [0.2, 0.25) is 0 Å². The Balaban J connectivity index is 1.67. The molecule has 6 heteroatoms. The molecule has 0 radical (unpaired) electrons. The second-order valence-electron chi connectivity index (χ2n) is 4.60. The summed E-state index contributed by atoms with van der Waals surface area (Å²) in [6.07, 6.45) is 1.43. The summed E-state index contributed by atoms with van der Waals surface area (Å²) in [7, 11) is 0. The Labute approximate surface area is 131 Å². The van der Waals surface area contributed by atoms with Crippen molar-refractivity contribution >= 4 is 17.8 Å². The molecule has 2 aromatic carbocycles. The highest BCUT2D eigenvalue weighted by Crippen LogP contribution is 2.24. The van der Waals surface area contributed by atoms with Gasteiger partial charge in [-0.3, -0.25) is 15.1 Å². The van der Waals surface area contributed by atoms with Gasteiger partial charge in [-0.15, -0.1) is 0 Å². The van der Waals surface area contributed by atoms with Gasteiger partial charge in [0.25, 0.3) is 0 Å². The lowest BCUT2D eigenvalue weighted by Crippen LogP contribution is -1.83. The molecule has 0 aliphatic rings. The lowest BCUT2D eigenvalue weighted by atomic mass is 10.3. The van der Waals surface area contributed by atoms with Crippen molar-refractivity contribution < 1.29 is 14.1 Å². The fourth-order valence-electron chi connectivity index (χ4n) is 1.87. The molecule has 0 saturated heterocycles. The fraction of sp³-hybridized carbons (Fsp3) is 0. The van der Waals surface area contributed by atoms with E-state index in [-0.39, 0.29) is 5.88 Å². The van der Waals surface area contributed by atoms with Crippen LogP contribution in [0.4, 0.5) is 11.6 Å². The normalized spacial score (nSPS) is 10.8. The van der Waals surface area contributed by atoms with Crippen molar-refractivity contribution in [3.63, 3.8) is 0 Å². The number of hydrogen-bond acceptors (Lipinski definition) is 5. The molecule has 3 rings (SSSR count). The highest BCUT2D eigenvalue weighted by Gasteiger charge is 2.10. The lowest BCUT2D eigenvalue weighted by molar-refractivity contribution is -0.402. The van der Waals surface area contributed by atoms with Gasteiger partial charge in [0.2, 0.25) is 0 Å². The zero-order valence-electron chi connectivity index (χ0n) is 12.0. The number of rotatable bonds is 5. The third-order valence-electron chi connectivity index (χ3n) is 2.95. The molecular weight excluding hydrogens is 296 g/mol. The summed E-state index contributed by atoms with van der Waals surface area (Å²) in [5, 5.41) is 10.5. The van der Waals surface area contributed by atoms with Crippen molar-refractivity contribution in [2.75, 3.05) is 0 Å². The molecule has 0 fully saturated rings. The third-order valence-corrected chi connectivity index (χ3v) is 2.95. The molecule has 0 N–H and O–H groups in total. The first-order chi connectivity index (χ1) is 11.2. The minimum absolute atomic E-state index is 0.307. The minimum Gasteiger partial charge on any atom is -0.457 e. The van der Waals surface area contributed by atoms with Crippen LogP contribution in [-0.4, -0.2) is 11.1 Å². The van der Waals surface area contributed by atoms with Crippen molar-refractivity contribution in [1.29, 1.82) is 0 Å². The smallest absolute Gasteiger partial charge is 0.433 e. The van der Waals surface area contributed by atoms with E-state index in [1.54, 1.807) is 24.3 Å². The van der Waals surface area contributed by atoms with Gasteiger partial charge >= 0.3 is 5.88 Å². The summed E-state index contributed by atoms with van der Waals surface area (Å²) < 4.78 is 10.7. The van der Waals surface area contributed by atoms with Gasteiger partial charge in [-0.2, -0.15) is 0 Å². The summed E-state index contributed by atoms with van der Waals surface area (Å²) in [6.45, 7) is 0. The average molecular weight is 308 g/mol. The maximum Gasteiger partial charge on any atom is 0.433 e. The maximum absolute atomic E-state index is 10.5. The van der Waals surface area contributed by atoms with Gasteiger partial charge in [0.05, 0.1) is 18.0 Å². The predicted molar refractivity (Wildman–Crippen MR) is 85.6 cm³/mol. The van der Waals surface area contributed by atoms with E-state index in [9.17, 15) is 10.1 Å². The van der Waals surface area contributed by atoms with E-state index in [0.717, 1.165) is 5.75 Å². The number of aliphatic imine (C=N–C) groups is 1. The van der Waals surface area contributed by atoms with Crippen LogP contribution in [0.1, 0.15) is 5.76 Å². The molecule has 0 aliphatic heterocycles. The lowest BCUT2D eigenvalue weighted by Gasteiger charge is -2.04. The van der Waals surface area contributed by atoms with Gasteiger partial charge in [-0.1, -0.05) is 18.2 Å². The Bertz CT molecular complexity index is 823. The summed E-state index contributed by atoms with van der Waals surface area (Å²) in [5.74, 6) is 1.47. The molecule has 114 valence electrons. The van der Waals surface area contributed by atoms with Gasteiger partial charge in [0.15, 0.2) is 5.76 Å². The van der Waals surface area contributed by atoms with Crippen LogP contribution in [0, 0.1) is 10.1 Å². The van der Waals surface area contributed by atoms with Crippen molar-refractivity contribution in [2.45, 2.75) is 0 Å². The molecule has 0 atom stereocenters. The molecule has 0 spiro atoms. The second-order valence-corrected chi connectivity index (χ2v) is 4.60. The third kappa shape index (κ3) is 3.82. The molecule has 1 heterocycles. The summed E-state index contributed by atoms with van der Waals surface area (Å²) in [4.78, 5) is 14.1. The minimum atomic E-state index is -0.590. The van der Waals surface area contributed by atoms with E-state index in [1.165, 1.54) is 18.3 Å². The number of nitro groups is 1. The van der Waals surface area contributed by atoms with Crippen LogP contribution in [-0.2, 0) is 0 Å². The molecule has 0 saturated carbocycles. The van der Waals surface area contributed by atoms with Crippen LogP contribution >= 0.6 is 0 Å². The molecule has 0 unspecified atom stereocenters. The molecule has 3 aromatic rings. The second kappa shape index (κ2) is 6.57. The fourth-order valence-corrected chi connectivity index (χ4v) is 1.87. The summed E-state index contributed by atoms with van der Waals surface area (Å²) in [5.41, 5.74) is 0.685. The first-order valence-corrected chi connectivity index (χ1v) is 6.82. The predicted octanol–water partition coefficient (Wildman–Crippen LogP) is 4.73. The largest absolute Gasteiger partial charge is 0.457 e. The SMILES string of the molecule is O=[N+]([O-])c1ccc(C=Nc2ccc(Oc3ccccc3)cc2)o1. The van der Waals surface area contributed by atoms with Gasteiger partial charge in [0, 0.05) is 0 Å². The van der Waals surface area contributed by atoms with Crippen molar-refractivity contribution in [2.24, 2.45) is 4.99 Å². The maximum atomic E-state index is 10.5. The molecule has 0 aliphatic carbocycles. The van der Waals surface area contributed by atoms with Gasteiger partial charge < -0.3 is 9.15 Å². The Kier molecular flexibility index (Phi) is 4.15. The van der Waals surface area contributed by atoms with Crippen molar-refractivity contribution in [1.82, 2.24) is 0 Å². The molecule has 1 aromatic heterocycles. The van der Waals surface area contributed by atoms with Gasteiger partial charge in [-0.05, 0) is 42.5 Å². The first-order valence-electron chi connectivity index (χ1n) is 6.82. The Morgan fingerprint density at radius 2 is 1.65 bits per heavy atom. The zero-order chi connectivity index (χ0) is 16.1. The van der Waals surface area contributed by atoms with Crippen LogP contribution in [0.15, 0.2) is 76.1 Å². The molecular formula is C17H12N2O4. The summed E-state index contributed by atoms with van der Waals surface area (Å²) >= 11 is 0. The van der Waals surface area contributed by atoms with E-state index in [0.29, 0.717) is 17.2 Å². The quantitative estimate of drug-likeness (QED) is 0.388. The molecule has 0 amide bonds. The standard InChI is InChI=1S/C17H12N2O4/c20-19(21)17-11-10-16(23-17)12-18-13-6-8-15(9-7-13)22-14-4-2-1-3-5-14/h1-12H. The molecule has 23 heavy (non-hydrogen) atoms. The Morgan fingerprint density at radius 3 is 2.30 bits per heavy atom. The Hall–Kier alpha value is -3.41. The first kappa shape index (κ1) is 14.5. The zero-order valence-corrected chi connectivity index (χ0v) is 12.0. The monoisotopic (exact) mass is 308 g/mol. The topological polar surface area (TPSA) is 77.9 Å². The molecule has 6 nitrogen and oxygen atoms in total. The highest BCUT2D eigenvalue weighted by atomic mass is 16.6. The van der Waals surface area contributed by atoms with E-state index >= 15 is 0 Å². The van der Waals surface area contributed by atoms with E-state index < -0.39 is 4.92 Å². The van der Waals surface area contributed by atoms with Crippen LogP contribution in [0.5, 0.6) is 11.5 Å². The Morgan fingerprint density at radius 1 is 0.957 bits per heavy atom. The number of hydrogen-bond donors (Lipinski definition) is 0. The summed E-state index contributed by atoms with van der Waals surface area (Å²) in [6, 6.07) is 19.4. The van der Waals surface area contributed by atoms with E-state index in [2.05, 4.69) is 4.99 Å². The van der Waals surface area contributed by atoms with Gasteiger partial charge in [0.1, 0.15) is 16.4 Å². The van der Waals surface area contributed by atoms with Crippen molar-refractivity contribution in [3.8, 4) is 11.5 Å². The number of nitrogens with zero attached hydrogens (tertiary/aromatic N) is 2. The average Bonchev–Trinajstić information content (AvgIpc) is 3.04. The van der Waals surface area contributed by atoms with E-state index in [1.807, 2.05) is 30.3 Å². The number of benzene rings is 2. The van der Waals surface area contributed by atoms with E-state index in [4.69, 9.17) is 9.15 Å². The number of furan rings is 1. The van der Waals surface area contributed by atoms with Crippen LogP contribution in [0.25, 0.3) is 0 Å².